The van der Waals surface area contributed by atoms with Crippen molar-refractivity contribution in [3.8, 4) is 0 Å². The Hall–Kier alpha value is -2.17. The van der Waals surface area contributed by atoms with Crippen LogP contribution in [0, 0.1) is 0 Å². The van der Waals surface area contributed by atoms with E-state index in [0.29, 0.717) is 5.56 Å². The van der Waals surface area contributed by atoms with Gasteiger partial charge in [0.1, 0.15) is 0 Å². The summed E-state index contributed by atoms with van der Waals surface area (Å²) in [5.41, 5.74) is 0.498. The number of hydrogen-bond donors (Lipinski definition) is 2. The topological polar surface area (TPSA) is 87.5 Å². The van der Waals surface area contributed by atoms with Crippen LogP contribution in [0.1, 0.15) is 22.3 Å². The number of aromatic nitrogens is 1. The van der Waals surface area contributed by atoms with E-state index < -0.39 is 11.9 Å². The molecule has 0 amide bonds. The number of carboxylic acid groups (broad SMARTS) is 2. The Bertz CT molecular complexity index is 412. The lowest BCUT2D eigenvalue weighted by atomic mass is 10.1. The molecule has 1 rings (SSSR count). The van der Waals surface area contributed by atoms with Gasteiger partial charge in [-0.3, -0.25) is 9.78 Å². The number of aromatic carboxylic acids is 1. The van der Waals surface area contributed by atoms with E-state index in [2.05, 4.69) is 4.98 Å². The third-order valence-corrected chi connectivity index (χ3v) is 1.67. The van der Waals surface area contributed by atoms with Crippen LogP contribution in [0.4, 0.5) is 0 Å². The van der Waals surface area contributed by atoms with Crippen LogP contribution >= 0.6 is 0 Å². The molecule has 0 radical (unpaired) electrons. The van der Waals surface area contributed by atoms with Gasteiger partial charge in [-0.15, -0.1) is 0 Å². The van der Waals surface area contributed by atoms with Gasteiger partial charge in [-0.2, -0.15) is 0 Å². The molecule has 2 N–H and O–H groups in total. The molecular weight excluding hydrogens is 198 g/mol. The quantitative estimate of drug-likeness (QED) is 0.776. The molecule has 0 atom stereocenters. The Kier molecular flexibility index (Phi) is 3.56. The second-order valence-corrected chi connectivity index (χ2v) is 2.77. The maximum atomic E-state index is 10.7. The van der Waals surface area contributed by atoms with Crippen molar-refractivity contribution in [3.05, 3.63) is 35.7 Å². The SMILES string of the molecule is O=C(O)CC=Cc1cnccc1C(=O)O. The van der Waals surface area contributed by atoms with Crippen LogP contribution in [0.15, 0.2) is 24.5 Å². The highest BCUT2D eigenvalue weighted by atomic mass is 16.4. The third-order valence-electron chi connectivity index (χ3n) is 1.67. The smallest absolute Gasteiger partial charge is 0.336 e. The number of carboxylic acids is 2. The lowest BCUT2D eigenvalue weighted by molar-refractivity contribution is -0.135. The first-order valence-electron chi connectivity index (χ1n) is 4.17. The van der Waals surface area contributed by atoms with E-state index in [1.54, 1.807) is 0 Å². The normalized spacial score (nSPS) is 10.4. The monoisotopic (exact) mass is 207 g/mol. The Labute approximate surface area is 85.7 Å². The highest BCUT2D eigenvalue weighted by molar-refractivity contribution is 5.91. The Morgan fingerprint density at radius 3 is 2.73 bits per heavy atom. The maximum absolute atomic E-state index is 10.7. The molecule has 0 unspecified atom stereocenters. The summed E-state index contributed by atoms with van der Waals surface area (Å²) in [7, 11) is 0. The van der Waals surface area contributed by atoms with Crippen LogP contribution in [0.3, 0.4) is 0 Å². The van der Waals surface area contributed by atoms with Crippen LogP contribution in [0.25, 0.3) is 6.08 Å². The van der Waals surface area contributed by atoms with Gasteiger partial charge in [-0.1, -0.05) is 12.2 Å². The summed E-state index contributed by atoms with van der Waals surface area (Å²) in [6, 6.07) is 1.36. The van der Waals surface area contributed by atoms with Gasteiger partial charge in [0.2, 0.25) is 0 Å². The van der Waals surface area contributed by atoms with Crippen LogP contribution < -0.4 is 0 Å². The molecule has 0 saturated heterocycles. The Morgan fingerprint density at radius 2 is 2.13 bits per heavy atom. The van der Waals surface area contributed by atoms with Crippen LogP contribution in [0.5, 0.6) is 0 Å². The lowest BCUT2D eigenvalue weighted by Crippen LogP contribution is -1.99. The zero-order chi connectivity index (χ0) is 11.3. The van der Waals surface area contributed by atoms with Crippen molar-refractivity contribution in [1.82, 2.24) is 4.98 Å². The molecule has 5 heteroatoms. The minimum absolute atomic E-state index is 0.103. The van der Waals surface area contributed by atoms with Crippen molar-refractivity contribution in [1.29, 1.82) is 0 Å². The molecule has 0 aliphatic heterocycles. The molecule has 0 spiro atoms. The predicted octanol–water partition coefficient (Wildman–Crippen LogP) is 1.27. The molecule has 1 aromatic rings. The van der Waals surface area contributed by atoms with Gasteiger partial charge in [0.15, 0.2) is 0 Å². The van der Waals surface area contributed by atoms with E-state index in [0.717, 1.165) is 0 Å². The molecule has 0 saturated carbocycles. The molecule has 15 heavy (non-hydrogen) atoms. The average Bonchev–Trinajstić information content (AvgIpc) is 2.17. The summed E-state index contributed by atoms with van der Waals surface area (Å²) < 4.78 is 0. The Balaban J connectivity index is 2.89. The average molecular weight is 207 g/mol. The number of pyridine rings is 1. The van der Waals surface area contributed by atoms with Crippen molar-refractivity contribution in [2.45, 2.75) is 6.42 Å². The highest BCUT2D eigenvalue weighted by Gasteiger charge is 2.06. The lowest BCUT2D eigenvalue weighted by Gasteiger charge is -1.98. The molecule has 78 valence electrons. The molecule has 1 aromatic heterocycles. The summed E-state index contributed by atoms with van der Waals surface area (Å²) >= 11 is 0. The number of carbonyl (C=O) groups is 2. The molecule has 0 aromatic carbocycles. The predicted molar refractivity (Wildman–Crippen MR) is 52.5 cm³/mol. The standard InChI is InChI=1S/C10H9NO4/c12-9(13)3-1-2-7-6-11-5-4-8(7)10(14)15/h1-2,4-6H,3H2,(H,12,13)(H,14,15). The first-order valence-corrected chi connectivity index (χ1v) is 4.17. The van der Waals surface area contributed by atoms with E-state index in [-0.39, 0.29) is 12.0 Å². The molecule has 0 aliphatic carbocycles. The fraction of sp³-hybridized carbons (Fsp3) is 0.100. The first-order chi connectivity index (χ1) is 7.11. The highest BCUT2D eigenvalue weighted by Crippen LogP contribution is 2.09. The molecule has 0 aliphatic rings. The third kappa shape index (κ3) is 3.22. The first kappa shape index (κ1) is 10.9. The van der Waals surface area contributed by atoms with Gasteiger partial charge in [-0.05, 0) is 6.07 Å². The number of nitrogens with zero attached hydrogens (tertiary/aromatic N) is 1. The van der Waals surface area contributed by atoms with Crippen molar-refractivity contribution < 1.29 is 19.8 Å². The van der Waals surface area contributed by atoms with Gasteiger partial charge >= 0.3 is 11.9 Å². The second kappa shape index (κ2) is 4.90. The van der Waals surface area contributed by atoms with Gasteiger partial charge in [-0.25, -0.2) is 4.79 Å². The molecule has 5 nitrogen and oxygen atoms in total. The van der Waals surface area contributed by atoms with Crippen LogP contribution in [-0.4, -0.2) is 27.1 Å². The number of hydrogen-bond acceptors (Lipinski definition) is 3. The fourth-order valence-electron chi connectivity index (χ4n) is 1.02. The molecular formula is C10H9NO4. The largest absolute Gasteiger partial charge is 0.481 e. The summed E-state index contributed by atoms with van der Waals surface area (Å²) in [5.74, 6) is -2.03. The summed E-state index contributed by atoms with van der Waals surface area (Å²) in [6.07, 6.45) is 5.42. The summed E-state index contributed by atoms with van der Waals surface area (Å²) in [5, 5.41) is 17.2. The van der Waals surface area contributed by atoms with Crippen molar-refractivity contribution in [2.75, 3.05) is 0 Å². The summed E-state index contributed by atoms with van der Waals surface area (Å²) in [6.45, 7) is 0. The van der Waals surface area contributed by atoms with Crippen molar-refractivity contribution >= 4 is 18.0 Å². The zero-order valence-corrected chi connectivity index (χ0v) is 7.75. The zero-order valence-electron chi connectivity index (χ0n) is 7.75. The van der Waals surface area contributed by atoms with Gasteiger partial charge in [0.25, 0.3) is 0 Å². The number of rotatable bonds is 4. The van der Waals surface area contributed by atoms with Gasteiger partial charge in [0.05, 0.1) is 12.0 Å². The maximum Gasteiger partial charge on any atom is 0.336 e. The van der Waals surface area contributed by atoms with Crippen LogP contribution in [-0.2, 0) is 4.79 Å². The van der Waals surface area contributed by atoms with Crippen molar-refractivity contribution in [2.24, 2.45) is 0 Å². The van der Waals surface area contributed by atoms with E-state index in [4.69, 9.17) is 10.2 Å². The minimum Gasteiger partial charge on any atom is -0.481 e. The Morgan fingerprint density at radius 1 is 1.40 bits per heavy atom. The van der Waals surface area contributed by atoms with Crippen LogP contribution in [0.2, 0.25) is 0 Å². The molecule has 1 heterocycles. The molecule has 0 fully saturated rings. The minimum atomic E-state index is -1.06. The summed E-state index contributed by atoms with van der Waals surface area (Å²) in [4.78, 5) is 24.7. The van der Waals surface area contributed by atoms with E-state index in [9.17, 15) is 9.59 Å². The van der Waals surface area contributed by atoms with Gasteiger partial charge in [0, 0.05) is 18.0 Å². The number of aliphatic carboxylic acids is 1. The second-order valence-electron chi connectivity index (χ2n) is 2.77. The fourth-order valence-corrected chi connectivity index (χ4v) is 1.02. The van der Waals surface area contributed by atoms with Crippen molar-refractivity contribution in [3.63, 3.8) is 0 Å². The van der Waals surface area contributed by atoms with E-state index in [1.807, 2.05) is 0 Å². The van der Waals surface area contributed by atoms with Gasteiger partial charge < -0.3 is 10.2 Å². The van der Waals surface area contributed by atoms with E-state index in [1.165, 1.54) is 30.6 Å². The molecule has 0 bridgehead atoms. The van der Waals surface area contributed by atoms with E-state index >= 15 is 0 Å².